The molecule has 1 saturated heterocycles. The summed E-state index contributed by atoms with van der Waals surface area (Å²) in [6.45, 7) is 7.58. The fourth-order valence-electron chi connectivity index (χ4n) is 3.40. The van der Waals surface area contributed by atoms with Crippen molar-refractivity contribution < 1.29 is 9.90 Å². The van der Waals surface area contributed by atoms with Gasteiger partial charge in [-0.25, -0.2) is 9.78 Å². The van der Waals surface area contributed by atoms with E-state index < -0.39 is 5.97 Å². The highest BCUT2D eigenvalue weighted by molar-refractivity contribution is 5.92. The first-order valence-electron chi connectivity index (χ1n) is 7.45. The minimum Gasteiger partial charge on any atom is -0.478 e. The molecule has 0 unspecified atom stereocenters. The maximum absolute atomic E-state index is 11.0. The van der Waals surface area contributed by atoms with E-state index >= 15 is 0 Å². The topological polar surface area (TPSA) is 69.2 Å². The van der Waals surface area contributed by atoms with Gasteiger partial charge in [0, 0.05) is 13.1 Å². The van der Waals surface area contributed by atoms with Gasteiger partial charge >= 0.3 is 5.97 Å². The highest BCUT2D eigenvalue weighted by Crippen LogP contribution is 2.22. The van der Waals surface area contributed by atoms with Gasteiger partial charge in [-0.1, -0.05) is 13.8 Å². The Kier molecular flexibility index (Phi) is 3.68. The van der Waals surface area contributed by atoms with E-state index in [-0.39, 0.29) is 5.56 Å². The molecule has 2 aromatic rings. The molecule has 1 fully saturated rings. The number of rotatable bonds is 3. The number of nitrogens with one attached hydrogen (secondary N) is 1. The second kappa shape index (κ2) is 5.48. The molecular weight excluding hydrogens is 266 g/mol. The molecule has 1 aliphatic heterocycles. The number of benzene rings is 1. The fourth-order valence-corrected chi connectivity index (χ4v) is 3.40. The first-order valence-corrected chi connectivity index (χ1v) is 7.45. The van der Waals surface area contributed by atoms with E-state index in [1.54, 1.807) is 18.2 Å². The third-order valence-electron chi connectivity index (χ3n) is 4.10. The van der Waals surface area contributed by atoms with Gasteiger partial charge in [0.1, 0.15) is 5.82 Å². The van der Waals surface area contributed by atoms with Gasteiger partial charge in [-0.3, -0.25) is 4.90 Å². The van der Waals surface area contributed by atoms with E-state index in [0.29, 0.717) is 0 Å². The molecular formula is C16H21N3O2. The molecule has 0 bridgehead atoms. The number of fused-ring (bicyclic) bond motifs is 1. The van der Waals surface area contributed by atoms with Gasteiger partial charge in [-0.15, -0.1) is 0 Å². The maximum atomic E-state index is 11.0. The third kappa shape index (κ3) is 3.08. The molecule has 2 atom stereocenters. The Morgan fingerprint density at radius 3 is 2.76 bits per heavy atom. The predicted molar refractivity (Wildman–Crippen MR) is 81.3 cm³/mol. The highest BCUT2D eigenvalue weighted by atomic mass is 16.4. The maximum Gasteiger partial charge on any atom is 0.335 e. The van der Waals surface area contributed by atoms with E-state index in [1.165, 1.54) is 6.42 Å². The van der Waals surface area contributed by atoms with Crippen molar-refractivity contribution in [2.24, 2.45) is 11.8 Å². The van der Waals surface area contributed by atoms with Crippen molar-refractivity contribution in [3.8, 4) is 0 Å². The third-order valence-corrected chi connectivity index (χ3v) is 4.10. The summed E-state index contributed by atoms with van der Waals surface area (Å²) in [5, 5.41) is 9.03. The molecule has 5 nitrogen and oxygen atoms in total. The molecule has 5 heteroatoms. The predicted octanol–water partition coefficient (Wildman–Crippen LogP) is 2.74. The molecule has 1 aromatic carbocycles. The average molecular weight is 287 g/mol. The van der Waals surface area contributed by atoms with Crippen molar-refractivity contribution in [2.45, 2.75) is 26.8 Å². The van der Waals surface area contributed by atoms with Crippen molar-refractivity contribution in [3.05, 3.63) is 29.6 Å². The molecule has 0 aliphatic carbocycles. The van der Waals surface area contributed by atoms with Crippen molar-refractivity contribution in [2.75, 3.05) is 13.1 Å². The van der Waals surface area contributed by atoms with Crippen molar-refractivity contribution in [3.63, 3.8) is 0 Å². The molecule has 2 N–H and O–H groups in total. The molecule has 0 spiro atoms. The highest BCUT2D eigenvalue weighted by Gasteiger charge is 2.22. The Balaban J connectivity index is 1.79. The Morgan fingerprint density at radius 2 is 2.10 bits per heavy atom. The SMILES string of the molecule is C[C@@H]1C[C@H](C)CN(Cc2nc3ccc(C(=O)O)cc3[nH]2)C1. The lowest BCUT2D eigenvalue weighted by atomic mass is 9.92. The molecule has 1 aromatic heterocycles. The van der Waals surface area contributed by atoms with Gasteiger partial charge in [0.25, 0.3) is 0 Å². The van der Waals surface area contributed by atoms with Crippen molar-refractivity contribution in [1.29, 1.82) is 0 Å². The first kappa shape index (κ1) is 14.1. The van der Waals surface area contributed by atoms with Crippen LogP contribution in [-0.4, -0.2) is 39.0 Å². The van der Waals surface area contributed by atoms with Crippen LogP contribution in [0, 0.1) is 11.8 Å². The number of aromatic carboxylic acids is 1. The lowest BCUT2D eigenvalue weighted by Gasteiger charge is -2.34. The number of hydrogen-bond donors (Lipinski definition) is 2. The molecule has 3 rings (SSSR count). The zero-order valence-electron chi connectivity index (χ0n) is 12.5. The van der Waals surface area contributed by atoms with Crippen LogP contribution in [0.5, 0.6) is 0 Å². The minimum absolute atomic E-state index is 0.290. The zero-order valence-corrected chi connectivity index (χ0v) is 12.5. The normalized spacial score (nSPS) is 23.5. The van der Waals surface area contributed by atoms with Gasteiger partial charge in [0.2, 0.25) is 0 Å². The van der Waals surface area contributed by atoms with Gasteiger partial charge < -0.3 is 10.1 Å². The number of carboxylic acid groups (broad SMARTS) is 1. The summed E-state index contributed by atoms with van der Waals surface area (Å²) in [4.78, 5) is 21.2. The minimum atomic E-state index is -0.910. The standard InChI is InChI=1S/C16H21N3O2/c1-10-5-11(2)8-19(7-10)9-15-17-13-4-3-12(16(20)21)6-14(13)18-15/h3-4,6,10-11H,5,7-9H2,1-2H3,(H,17,18)(H,20,21)/t10-,11+. The number of aromatic amines is 1. The summed E-state index contributed by atoms with van der Waals surface area (Å²) in [6, 6.07) is 5.01. The lowest BCUT2D eigenvalue weighted by Crippen LogP contribution is -2.38. The molecule has 1 aliphatic rings. The summed E-state index contributed by atoms with van der Waals surface area (Å²) >= 11 is 0. The molecule has 112 valence electrons. The zero-order chi connectivity index (χ0) is 15.0. The van der Waals surface area contributed by atoms with Crippen LogP contribution in [0.1, 0.15) is 36.5 Å². The van der Waals surface area contributed by atoms with Crippen LogP contribution in [-0.2, 0) is 6.54 Å². The molecule has 0 radical (unpaired) electrons. The summed E-state index contributed by atoms with van der Waals surface area (Å²) < 4.78 is 0. The number of imidazole rings is 1. The Labute approximate surface area is 124 Å². The second-order valence-corrected chi connectivity index (χ2v) is 6.36. The lowest BCUT2D eigenvalue weighted by molar-refractivity contribution is 0.0697. The number of carbonyl (C=O) groups is 1. The van der Waals surface area contributed by atoms with E-state index in [4.69, 9.17) is 5.11 Å². The van der Waals surface area contributed by atoms with Crippen molar-refractivity contribution >= 4 is 17.0 Å². The molecule has 0 saturated carbocycles. The van der Waals surface area contributed by atoms with Crippen LogP contribution in [0.25, 0.3) is 11.0 Å². The second-order valence-electron chi connectivity index (χ2n) is 6.36. The summed E-state index contributed by atoms with van der Waals surface area (Å²) in [6.07, 6.45) is 1.29. The number of likely N-dealkylation sites (tertiary alicyclic amines) is 1. The number of hydrogen-bond acceptors (Lipinski definition) is 3. The monoisotopic (exact) mass is 287 g/mol. The van der Waals surface area contributed by atoms with Gasteiger partial charge in [0.15, 0.2) is 0 Å². The largest absolute Gasteiger partial charge is 0.478 e. The number of H-pyrrole nitrogens is 1. The van der Waals surface area contributed by atoms with Crippen LogP contribution in [0.4, 0.5) is 0 Å². The van der Waals surface area contributed by atoms with E-state index in [9.17, 15) is 4.79 Å². The summed E-state index contributed by atoms with van der Waals surface area (Å²) in [7, 11) is 0. The van der Waals surface area contributed by atoms with Crippen LogP contribution in [0.3, 0.4) is 0 Å². The van der Waals surface area contributed by atoms with Crippen molar-refractivity contribution in [1.82, 2.24) is 14.9 Å². The van der Waals surface area contributed by atoms with E-state index in [2.05, 4.69) is 28.7 Å². The number of piperidine rings is 1. The van der Waals surface area contributed by atoms with Gasteiger partial charge in [-0.05, 0) is 36.5 Å². The first-order chi connectivity index (χ1) is 10.0. The van der Waals surface area contributed by atoms with Gasteiger partial charge in [0.05, 0.1) is 23.1 Å². The molecule has 2 heterocycles. The Morgan fingerprint density at radius 1 is 1.38 bits per heavy atom. The van der Waals surface area contributed by atoms with Gasteiger partial charge in [-0.2, -0.15) is 0 Å². The number of nitrogens with zero attached hydrogens (tertiary/aromatic N) is 2. The summed E-state index contributed by atoms with van der Waals surface area (Å²) in [5.74, 6) is 1.44. The van der Waals surface area contributed by atoms with E-state index in [1.807, 2.05) is 0 Å². The van der Waals surface area contributed by atoms with Crippen LogP contribution >= 0.6 is 0 Å². The van der Waals surface area contributed by atoms with Crippen LogP contribution in [0.2, 0.25) is 0 Å². The summed E-state index contributed by atoms with van der Waals surface area (Å²) in [5.41, 5.74) is 1.91. The molecule has 21 heavy (non-hydrogen) atoms. The number of aromatic nitrogens is 2. The molecule has 0 amide bonds. The number of carboxylic acids is 1. The quantitative estimate of drug-likeness (QED) is 0.910. The Bertz CT molecular complexity index is 655. The fraction of sp³-hybridized carbons (Fsp3) is 0.500. The van der Waals surface area contributed by atoms with E-state index in [0.717, 1.165) is 48.3 Å². The average Bonchev–Trinajstić information content (AvgIpc) is 2.78. The smallest absolute Gasteiger partial charge is 0.335 e. The Hall–Kier alpha value is -1.88. The van der Waals surface area contributed by atoms with Crippen LogP contribution in [0.15, 0.2) is 18.2 Å². The van der Waals surface area contributed by atoms with Crippen LogP contribution < -0.4 is 0 Å².